The molecule has 0 saturated carbocycles. The molecule has 5 rings (SSSR count). The molecule has 8 nitrogen and oxygen atoms in total. The van der Waals surface area contributed by atoms with Crippen molar-refractivity contribution in [2.24, 2.45) is 0 Å². The van der Waals surface area contributed by atoms with Crippen LogP contribution < -0.4 is 10.2 Å². The van der Waals surface area contributed by atoms with E-state index in [4.69, 9.17) is 0 Å². The molecule has 33 heavy (non-hydrogen) atoms. The Balaban J connectivity index is 1.20. The predicted octanol–water partition coefficient (Wildman–Crippen LogP) is 2.78. The Bertz CT molecular complexity index is 1310. The maximum absolute atomic E-state index is 12.8. The van der Waals surface area contributed by atoms with Crippen LogP contribution in [-0.2, 0) is 17.6 Å². The van der Waals surface area contributed by atoms with E-state index >= 15 is 0 Å². The first kappa shape index (κ1) is 21.1. The van der Waals surface area contributed by atoms with E-state index < -0.39 is 0 Å². The summed E-state index contributed by atoms with van der Waals surface area (Å²) in [4.78, 5) is 26.9. The van der Waals surface area contributed by atoms with E-state index in [-0.39, 0.29) is 11.8 Å². The van der Waals surface area contributed by atoms with Crippen LogP contribution in [0.15, 0.2) is 71.8 Å². The molecule has 2 amide bonds. The number of thioether (sulfide) groups is 1. The van der Waals surface area contributed by atoms with Crippen LogP contribution in [0.2, 0.25) is 0 Å². The minimum absolute atomic E-state index is 0.0689. The third kappa shape index (κ3) is 4.58. The van der Waals surface area contributed by atoms with Crippen LogP contribution in [0, 0.1) is 0 Å². The van der Waals surface area contributed by atoms with Gasteiger partial charge in [-0.15, -0.1) is 10.2 Å². The fourth-order valence-corrected chi connectivity index (χ4v) is 4.57. The highest BCUT2D eigenvalue weighted by Gasteiger charge is 2.24. The SMILES string of the molecule is O=C(NCCc1nnc2ccc(SCC(=O)N3CCc4ccccc43)nn12)c1ccccc1. The summed E-state index contributed by atoms with van der Waals surface area (Å²) < 4.78 is 1.67. The molecule has 0 unspecified atom stereocenters. The van der Waals surface area contributed by atoms with Crippen molar-refractivity contribution in [3.63, 3.8) is 0 Å². The Hall–Kier alpha value is -3.72. The topological polar surface area (TPSA) is 92.5 Å². The lowest BCUT2D eigenvalue weighted by molar-refractivity contribution is -0.116. The zero-order valence-electron chi connectivity index (χ0n) is 17.8. The zero-order valence-corrected chi connectivity index (χ0v) is 18.7. The van der Waals surface area contributed by atoms with Crippen molar-refractivity contribution >= 4 is 34.9 Å². The van der Waals surface area contributed by atoms with Crippen LogP contribution in [0.1, 0.15) is 21.7 Å². The number of amides is 2. The van der Waals surface area contributed by atoms with Crippen LogP contribution in [0.25, 0.3) is 5.65 Å². The van der Waals surface area contributed by atoms with Crippen molar-refractivity contribution in [1.29, 1.82) is 0 Å². The number of nitrogens with one attached hydrogen (secondary N) is 1. The number of carbonyl (C=O) groups is 2. The van der Waals surface area contributed by atoms with Gasteiger partial charge in [-0.2, -0.15) is 9.61 Å². The number of anilines is 1. The molecule has 4 aromatic rings. The maximum atomic E-state index is 12.8. The van der Waals surface area contributed by atoms with E-state index in [2.05, 4.69) is 26.7 Å². The van der Waals surface area contributed by atoms with Gasteiger partial charge < -0.3 is 10.2 Å². The number of benzene rings is 2. The van der Waals surface area contributed by atoms with E-state index in [0.29, 0.717) is 35.8 Å². The zero-order chi connectivity index (χ0) is 22.6. The number of fused-ring (bicyclic) bond motifs is 2. The molecule has 2 aromatic carbocycles. The molecular weight excluding hydrogens is 436 g/mol. The number of para-hydroxylation sites is 1. The maximum Gasteiger partial charge on any atom is 0.251 e. The highest BCUT2D eigenvalue weighted by molar-refractivity contribution is 7.99. The number of rotatable bonds is 7. The molecule has 0 fully saturated rings. The van der Waals surface area contributed by atoms with Crippen LogP contribution >= 0.6 is 11.8 Å². The second kappa shape index (κ2) is 9.41. The molecule has 0 radical (unpaired) electrons. The van der Waals surface area contributed by atoms with Gasteiger partial charge in [0.15, 0.2) is 11.5 Å². The van der Waals surface area contributed by atoms with Gasteiger partial charge in [0, 0.05) is 30.8 Å². The summed E-state index contributed by atoms with van der Waals surface area (Å²) >= 11 is 1.39. The molecule has 166 valence electrons. The lowest BCUT2D eigenvalue weighted by atomic mass is 10.2. The molecule has 1 aliphatic rings. The van der Waals surface area contributed by atoms with Gasteiger partial charge in [0.05, 0.1) is 5.75 Å². The monoisotopic (exact) mass is 458 g/mol. The van der Waals surface area contributed by atoms with Gasteiger partial charge >= 0.3 is 0 Å². The first-order valence-corrected chi connectivity index (χ1v) is 11.7. The Labute approximate surface area is 195 Å². The van der Waals surface area contributed by atoms with Gasteiger partial charge in [-0.1, -0.05) is 48.2 Å². The predicted molar refractivity (Wildman–Crippen MR) is 126 cm³/mol. The summed E-state index contributed by atoms with van der Waals surface area (Å²) in [5.74, 6) is 0.896. The number of carbonyl (C=O) groups excluding carboxylic acids is 2. The molecular formula is C24H22N6O2S. The smallest absolute Gasteiger partial charge is 0.251 e. The molecule has 0 bridgehead atoms. The molecule has 0 atom stereocenters. The standard InChI is InChI=1S/C24H22N6O2S/c31-23(29-15-13-17-6-4-5-9-19(17)29)16-33-22-11-10-20-26-27-21(30(20)28-22)12-14-25-24(32)18-7-2-1-3-8-18/h1-11H,12-16H2,(H,25,32). The second-order valence-corrected chi connectivity index (χ2v) is 8.64. The highest BCUT2D eigenvalue weighted by atomic mass is 32.2. The molecule has 3 heterocycles. The van der Waals surface area contributed by atoms with E-state index in [0.717, 1.165) is 23.7 Å². The normalized spacial score (nSPS) is 12.7. The van der Waals surface area contributed by atoms with Crippen LogP contribution in [0.5, 0.6) is 0 Å². The number of nitrogens with zero attached hydrogens (tertiary/aromatic N) is 5. The Morgan fingerprint density at radius 3 is 2.67 bits per heavy atom. The van der Waals surface area contributed by atoms with Crippen molar-refractivity contribution in [3.05, 3.63) is 83.7 Å². The third-order valence-electron chi connectivity index (χ3n) is 5.50. The molecule has 2 aromatic heterocycles. The molecule has 0 aliphatic carbocycles. The fraction of sp³-hybridized carbons (Fsp3) is 0.208. The molecule has 0 saturated heterocycles. The van der Waals surface area contributed by atoms with E-state index in [1.54, 1.807) is 16.6 Å². The first-order valence-electron chi connectivity index (χ1n) is 10.7. The van der Waals surface area contributed by atoms with Crippen molar-refractivity contribution in [2.75, 3.05) is 23.7 Å². The number of hydrogen-bond acceptors (Lipinski definition) is 6. The lowest BCUT2D eigenvalue weighted by Gasteiger charge is -2.16. The number of hydrogen-bond donors (Lipinski definition) is 1. The fourth-order valence-electron chi connectivity index (χ4n) is 3.84. The van der Waals surface area contributed by atoms with Crippen LogP contribution in [-0.4, -0.2) is 50.5 Å². The Morgan fingerprint density at radius 2 is 1.79 bits per heavy atom. The Morgan fingerprint density at radius 1 is 0.970 bits per heavy atom. The summed E-state index contributed by atoms with van der Waals surface area (Å²) in [6.45, 7) is 1.13. The van der Waals surface area contributed by atoms with Crippen LogP contribution in [0.3, 0.4) is 0 Å². The highest BCUT2D eigenvalue weighted by Crippen LogP contribution is 2.28. The summed E-state index contributed by atoms with van der Waals surface area (Å²) in [5, 5.41) is 16.6. The average Bonchev–Trinajstić information content (AvgIpc) is 3.47. The molecule has 1 N–H and O–H groups in total. The summed E-state index contributed by atoms with van der Waals surface area (Å²) in [7, 11) is 0. The van der Waals surface area contributed by atoms with Gasteiger partial charge in [0.1, 0.15) is 5.03 Å². The van der Waals surface area contributed by atoms with Crippen molar-refractivity contribution < 1.29 is 9.59 Å². The molecule has 1 aliphatic heterocycles. The van der Waals surface area contributed by atoms with Gasteiger partial charge in [-0.05, 0) is 42.3 Å². The minimum atomic E-state index is -0.129. The van der Waals surface area contributed by atoms with Gasteiger partial charge in [0.25, 0.3) is 5.91 Å². The first-order chi connectivity index (χ1) is 16.2. The van der Waals surface area contributed by atoms with E-state index in [9.17, 15) is 9.59 Å². The van der Waals surface area contributed by atoms with Crippen molar-refractivity contribution in [2.45, 2.75) is 17.9 Å². The summed E-state index contributed by atoms with van der Waals surface area (Å²) in [5.41, 5.74) is 3.46. The summed E-state index contributed by atoms with van der Waals surface area (Å²) in [6, 6.07) is 20.8. The Kier molecular flexibility index (Phi) is 6.03. The summed E-state index contributed by atoms with van der Waals surface area (Å²) in [6.07, 6.45) is 1.38. The van der Waals surface area contributed by atoms with Gasteiger partial charge in [0.2, 0.25) is 5.91 Å². The van der Waals surface area contributed by atoms with Crippen LogP contribution in [0.4, 0.5) is 5.69 Å². The largest absolute Gasteiger partial charge is 0.352 e. The second-order valence-electron chi connectivity index (χ2n) is 7.64. The minimum Gasteiger partial charge on any atom is -0.352 e. The third-order valence-corrected chi connectivity index (χ3v) is 6.41. The van der Waals surface area contributed by atoms with Crippen molar-refractivity contribution in [1.82, 2.24) is 25.1 Å². The molecule has 0 spiro atoms. The van der Waals surface area contributed by atoms with Crippen molar-refractivity contribution in [3.8, 4) is 0 Å². The van der Waals surface area contributed by atoms with Gasteiger partial charge in [-0.3, -0.25) is 9.59 Å². The number of aromatic nitrogens is 4. The van der Waals surface area contributed by atoms with E-state index in [1.165, 1.54) is 17.3 Å². The quantitative estimate of drug-likeness (QED) is 0.428. The van der Waals surface area contributed by atoms with Gasteiger partial charge in [-0.25, -0.2) is 0 Å². The average molecular weight is 459 g/mol. The van der Waals surface area contributed by atoms with E-state index in [1.807, 2.05) is 53.4 Å². The molecule has 9 heteroatoms. The lowest BCUT2D eigenvalue weighted by Crippen LogP contribution is -2.30.